The van der Waals surface area contributed by atoms with Crippen molar-refractivity contribution >= 4 is 0 Å². The minimum absolute atomic E-state index is 0.958. The van der Waals surface area contributed by atoms with Gasteiger partial charge in [-0.05, 0) is 25.9 Å². The van der Waals surface area contributed by atoms with Gasteiger partial charge in [-0.3, -0.25) is 0 Å². The van der Waals surface area contributed by atoms with Crippen molar-refractivity contribution in [2.24, 2.45) is 0 Å². The van der Waals surface area contributed by atoms with Gasteiger partial charge in [0.25, 0.3) is 0 Å². The Morgan fingerprint density at radius 2 is 1.82 bits per heavy atom. The summed E-state index contributed by atoms with van der Waals surface area (Å²) in [6.45, 7) is 3.46. The Bertz CT molecular complexity index is 90.4. The number of hydrazine groups is 1. The van der Waals surface area contributed by atoms with Crippen LogP contribution in [0.15, 0.2) is 12.3 Å². The second kappa shape index (κ2) is 6.19. The van der Waals surface area contributed by atoms with Crippen molar-refractivity contribution in [2.45, 2.75) is 19.3 Å². The van der Waals surface area contributed by atoms with E-state index in [2.05, 4.69) is 16.2 Å². The standard InChI is InChI=1S/C5H11N.C3H6N2/c1-2-4-6-5-3-1;1-2-4-5-3-1/h6H,1-5H2;1-2,4-5H,3H2. The van der Waals surface area contributed by atoms with Crippen LogP contribution in [0, 0.1) is 0 Å². The van der Waals surface area contributed by atoms with E-state index in [9.17, 15) is 0 Å². The number of hydrogen-bond donors (Lipinski definition) is 3. The highest BCUT2D eigenvalue weighted by Gasteiger charge is 1.93. The summed E-state index contributed by atoms with van der Waals surface area (Å²) in [7, 11) is 0. The number of piperidine rings is 1. The minimum Gasteiger partial charge on any atom is -0.329 e. The van der Waals surface area contributed by atoms with E-state index in [1.165, 1.54) is 32.4 Å². The van der Waals surface area contributed by atoms with E-state index in [-0.39, 0.29) is 0 Å². The molecule has 1 saturated heterocycles. The van der Waals surface area contributed by atoms with Gasteiger partial charge in [0.2, 0.25) is 0 Å². The first-order valence-electron chi connectivity index (χ1n) is 4.34. The van der Waals surface area contributed by atoms with Gasteiger partial charge in [-0.15, -0.1) is 0 Å². The summed E-state index contributed by atoms with van der Waals surface area (Å²) >= 11 is 0. The maximum atomic E-state index is 3.28. The van der Waals surface area contributed by atoms with Crippen molar-refractivity contribution in [3.63, 3.8) is 0 Å². The normalized spacial score (nSPS) is 21.8. The second-order valence-corrected chi connectivity index (χ2v) is 2.74. The first kappa shape index (κ1) is 8.56. The van der Waals surface area contributed by atoms with E-state index < -0.39 is 0 Å². The third-order valence-electron chi connectivity index (χ3n) is 1.73. The number of hydrogen-bond acceptors (Lipinski definition) is 3. The van der Waals surface area contributed by atoms with Crippen molar-refractivity contribution in [3.8, 4) is 0 Å². The van der Waals surface area contributed by atoms with Gasteiger partial charge in [-0.25, -0.2) is 5.43 Å². The van der Waals surface area contributed by atoms with E-state index in [4.69, 9.17) is 0 Å². The van der Waals surface area contributed by atoms with E-state index in [1.54, 1.807) is 0 Å². The lowest BCUT2D eigenvalue weighted by Crippen LogP contribution is -2.21. The molecule has 0 aromatic heterocycles. The van der Waals surface area contributed by atoms with E-state index in [1.807, 2.05) is 12.3 Å². The minimum atomic E-state index is 0.958. The molecule has 0 radical (unpaired) electrons. The zero-order chi connectivity index (χ0) is 7.78. The summed E-state index contributed by atoms with van der Waals surface area (Å²) in [6.07, 6.45) is 8.10. The molecule has 2 rings (SSSR count). The molecular weight excluding hydrogens is 138 g/mol. The van der Waals surface area contributed by atoms with Crippen molar-refractivity contribution in [1.29, 1.82) is 0 Å². The summed E-state index contributed by atoms with van der Waals surface area (Å²) in [5, 5.41) is 3.28. The molecule has 2 aliphatic rings. The van der Waals surface area contributed by atoms with Crippen LogP contribution in [0.3, 0.4) is 0 Å². The van der Waals surface area contributed by atoms with Crippen LogP contribution in [-0.4, -0.2) is 19.6 Å². The SMILES string of the molecule is C1=CNNC1.C1CCNCC1. The summed E-state index contributed by atoms with van der Waals surface area (Å²) in [6, 6.07) is 0. The molecule has 11 heavy (non-hydrogen) atoms. The topological polar surface area (TPSA) is 36.1 Å². The van der Waals surface area contributed by atoms with Gasteiger partial charge in [0.15, 0.2) is 0 Å². The molecule has 0 saturated carbocycles. The van der Waals surface area contributed by atoms with Crippen molar-refractivity contribution < 1.29 is 0 Å². The maximum Gasteiger partial charge on any atom is 0.0345 e. The molecule has 0 atom stereocenters. The van der Waals surface area contributed by atoms with Gasteiger partial charge < -0.3 is 10.7 Å². The summed E-state index contributed by atoms with van der Waals surface area (Å²) < 4.78 is 0. The lowest BCUT2D eigenvalue weighted by atomic mass is 10.2. The highest BCUT2D eigenvalue weighted by atomic mass is 15.4. The predicted octanol–water partition coefficient (Wildman–Crippen LogP) is 0.368. The molecule has 64 valence electrons. The van der Waals surface area contributed by atoms with Crippen LogP contribution < -0.4 is 16.2 Å². The summed E-state index contributed by atoms with van der Waals surface area (Å²) in [4.78, 5) is 0. The monoisotopic (exact) mass is 155 g/mol. The Balaban J connectivity index is 0.000000112. The molecule has 0 amide bonds. The van der Waals surface area contributed by atoms with Crippen LogP contribution in [0.1, 0.15) is 19.3 Å². The molecule has 0 spiro atoms. The Labute approximate surface area is 68.2 Å². The van der Waals surface area contributed by atoms with Gasteiger partial charge in [0.05, 0.1) is 0 Å². The zero-order valence-electron chi connectivity index (χ0n) is 6.90. The Morgan fingerprint density at radius 3 is 2.00 bits per heavy atom. The third-order valence-corrected chi connectivity index (χ3v) is 1.73. The van der Waals surface area contributed by atoms with Crippen LogP contribution in [0.4, 0.5) is 0 Å². The molecule has 1 fully saturated rings. The van der Waals surface area contributed by atoms with Crippen molar-refractivity contribution in [2.75, 3.05) is 19.6 Å². The van der Waals surface area contributed by atoms with Crippen LogP contribution in [0.25, 0.3) is 0 Å². The highest BCUT2D eigenvalue weighted by Crippen LogP contribution is 1.96. The summed E-state index contributed by atoms with van der Waals surface area (Å²) in [5.74, 6) is 0. The van der Waals surface area contributed by atoms with Crippen molar-refractivity contribution in [3.05, 3.63) is 12.3 Å². The average molecular weight is 155 g/mol. The average Bonchev–Trinajstić information content (AvgIpc) is 2.64. The van der Waals surface area contributed by atoms with E-state index in [0.29, 0.717) is 0 Å². The van der Waals surface area contributed by atoms with Crippen LogP contribution in [0.2, 0.25) is 0 Å². The molecule has 3 nitrogen and oxygen atoms in total. The molecule has 3 N–H and O–H groups in total. The Hall–Kier alpha value is -0.540. The maximum absolute atomic E-state index is 3.28. The van der Waals surface area contributed by atoms with Gasteiger partial charge >= 0.3 is 0 Å². The fraction of sp³-hybridized carbons (Fsp3) is 0.750. The molecule has 0 bridgehead atoms. The first-order valence-corrected chi connectivity index (χ1v) is 4.34. The van der Waals surface area contributed by atoms with Crippen molar-refractivity contribution in [1.82, 2.24) is 16.2 Å². The molecular formula is C8H17N3. The largest absolute Gasteiger partial charge is 0.329 e. The third kappa shape index (κ3) is 4.81. The second-order valence-electron chi connectivity index (χ2n) is 2.74. The molecule has 0 unspecified atom stereocenters. The van der Waals surface area contributed by atoms with E-state index >= 15 is 0 Å². The van der Waals surface area contributed by atoms with Gasteiger partial charge in [-0.1, -0.05) is 12.5 Å². The predicted molar refractivity (Wildman–Crippen MR) is 47.0 cm³/mol. The van der Waals surface area contributed by atoms with Crippen LogP contribution >= 0.6 is 0 Å². The molecule has 3 heteroatoms. The van der Waals surface area contributed by atoms with Gasteiger partial charge in [0.1, 0.15) is 0 Å². The number of nitrogens with one attached hydrogen (secondary N) is 3. The van der Waals surface area contributed by atoms with Crippen LogP contribution in [0.5, 0.6) is 0 Å². The zero-order valence-corrected chi connectivity index (χ0v) is 6.90. The number of rotatable bonds is 0. The molecule has 0 aliphatic carbocycles. The summed E-state index contributed by atoms with van der Waals surface area (Å²) in [5.41, 5.74) is 5.65. The Morgan fingerprint density at radius 1 is 1.00 bits per heavy atom. The van der Waals surface area contributed by atoms with E-state index in [0.717, 1.165) is 6.54 Å². The smallest absolute Gasteiger partial charge is 0.0345 e. The fourth-order valence-electron chi connectivity index (χ4n) is 1.10. The van der Waals surface area contributed by atoms with Gasteiger partial charge in [0, 0.05) is 12.7 Å². The molecule has 0 aromatic rings. The Kier molecular flexibility index (Phi) is 4.81. The molecule has 2 heterocycles. The lowest BCUT2D eigenvalue weighted by Gasteiger charge is -2.08. The molecule has 2 aliphatic heterocycles. The highest BCUT2D eigenvalue weighted by molar-refractivity contribution is 4.85. The van der Waals surface area contributed by atoms with Crippen LogP contribution in [-0.2, 0) is 0 Å². The fourth-order valence-corrected chi connectivity index (χ4v) is 1.10. The first-order chi connectivity index (χ1) is 5.50. The lowest BCUT2D eigenvalue weighted by molar-refractivity contribution is 0.520. The molecule has 0 aromatic carbocycles. The van der Waals surface area contributed by atoms with Gasteiger partial charge in [-0.2, -0.15) is 0 Å². The quantitative estimate of drug-likeness (QED) is 0.473.